The van der Waals surface area contributed by atoms with Gasteiger partial charge in [0.25, 0.3) is 0 Å². The molecule has 0 spiro atoms. The molecule has 0 bridgehead atoms. The summed E-state index contributed by atoms with van der Waals surface area (Å²) in [4.78, 5) is 5.65. The Balaban J connectivity index is 2.82. The van der Waals surface area contributed by atoms with Gasteiger partial charge in [0, 0.05) is 0 Å². The van der Waals surface area contributed by atoms with Gasteiger partial charge in [-0.15, -0.1) is 0 Å². The maximum atomic E-state index is 12.8. The van der Waals surface area contributed by atoms with Crippen molar-refractivity contribution < 1.29 is 18.1 Å². The van der Waals surface area contributed by atoms with E-state index in [-0.39, 0.29) is 6.73 Å². The molecule has 10 heteroatoms. The van der Waals surface area contributed by atoms with E-state index in [4.69, 9.17) is 19.3 Å². The molecule has 0 aliphatic rings. The monoisotopic (exact) mass is 401 g/mol. The van der Waals surface area contributed by atoms with Crippen LogP contribution in [0.5, 0.6) is 0 Å². The van der Waals surface area contributed by atoms with E-state index in [9.17, 15) is 4.57 Å². The summed E-state index contributed by atoms with van der Waals surface area (Å²) < 4.78 is 30.7. The van der Waals surface area contributed by atoms with Crippen molar-refractivity contribution >= 4 is 13.6 Å². The Morgan fingerprint density at radius 1 is 1.30 bits per heavy atom. The molecule has 0 amide bonds. The van der Waals surface area contributed by atoms with Crippen LogP contribution < -0.4 is 5.73 Å². The van der Waals surface area contributed by atoms with Crippen molar-refractivity contribution in [1.29, 1.82) is 0 Å². The number of nitrogens with zero attached hydrogens (tertiary/aromatic N) is 4. The normalized spacial score (nSPS) is 12.7. The van der Waals surface area contributed by atoms with Gasteiger partial charge < -0.3 is 10.6 Å². The molecule has 0 saturated carbocycles. The van der Waals surface area contributed by atoms with Gasteiger partial charge in [-0.3, -0.25) is 13.6 Å². The fourth-order valence-corrected chi connectivity index (χ4v) is 3.14. The SMILES string of the molecule is C=CN(COP(=O)(OCCCC)OCCCC)/C(C)=C(/N)n1cnc(C)n1. The summed E-state index contributed by atoms with van der Waals surface area (Å²) in [6, 6.07) is 0. The molecule has 1 aromatic rings. The summed E-state index contributed by atoms with van der Waals surface area (Å²) in [5.41, 5.74) is 6.74. The van der Waals surface area contributed by atoms with Crippen molar-refractivity contribution in [3.63, 3.8) is 0 Å². The average Bonchev–Trinajstić information content (AvgIpc) is 3.08. The zero-order valence-corrected chi connectivity index (χ0v) is 17.7. The van der Waals surface area contributed by atoms with Crippen molar-refractivity contribution in [3.05, 3.63) is 30.6 Å². The summed E-state index contributed by atoms with van der Waals surface area (Å²) in [7, 11) is -3.67. The van der Waals surface area contributed by atoms with Gasteiger partial charge in [-0.2, -0.15) is 5.10 Å². The molecule has 0 aliphatic carbocycles. The Morgan fingerprint density at radius 2 is 1.89 bits per heavy atom. The van der Waals surface area contributed by atoms with Gasteiger partial charge in [0.05, 0.1) is 18.9 Å². The minimum absolute atomic E-state index is 0.0841. The molecule has 1 rings (SSSR count). The molecule has 0 fully saturated rings. The third-order valence-corrected chi connectivity index (χ3v) is 5.15. The smallest absolute Gasteiger partial charge is 0.382 e. The van der Waals surface area contributed by atoms with Crippen molar-refractivity contribution in [2.45, 2.75) is 53.4 Å². The minimum atomic E-state index is -3.67. The number of phosphoric ester groups is 1. The molecule has 1 aromatic heterocycles. The Labute approximate surface area is 161 Å². The lowest BCUT2D eigenvalue weighted by atomic mass is 10.4. The predicted octanol–water partition coefficient (Wildman–Crippen LogP) is 3.85. The quantitative estimate of drug-likeness (QED) is 0.285. The molecule has 2 N–H and O–H groups in total. The third-order valence-electron chi connectivity index (χ3n) is 3.72. The lowest BCUT2D eigenvalue weighted by Gasteiger charge is -2.25. The Bertz CT molecular complexity index is 648. The average molecular weight is 401 g/mol. The highest BCUT2D eigenvalue weighted by Crippen LogP contribution is 2.50. The number of aromatic nitrogens is 3. The van der Waals surface area contributed by atoms with Gasteiger partial charge in [-0.1, -0.05) is 33.3 Å². The first-order valence-electron chi connectivity index (χ1n) is 9.14. The van der Waals surface area contributed by atoms with E-state index in [0.29, 0.717) is 30.6 Å². The molecule has 0 unspecified atom stereocenters. The number of rotatable bonds is 14. The summed E-state index contributed by atoms with van der Waals surface area (Å²) in [5.74, 6) is 0.957. The molecule has 1 heterocycles. The molecule has 0 atom stereocenters. The second-order valence-electron chi connectivity index (χ2n) is 5.94. The lowest BCUT2D eigenvalue weighted by Crippen LogP contribution is -2.23. The van der Waals surface area contributed by atoms with Crippen LogP contribution in [0.15, 0.2) is 24.8 Å². The van der Waals surface area contributed by atoms with Crippen molar-refractivity contribution in [3.8, 4) is 0 Å². The predicted molar refractivity (Wildman–Crippen MR) is 105 cm³/mol. The molecular formula is C17H32N5O4P. The fraction of sp³-hybridized carbons (Fsp3) is 0.647. The van der Waals surface area contributed by atoms with Gasteiger partial charge in [0.2, 0.25) is 0 Å². The maximum Gasteiger partial charge on any atom is 0.476 e. The van der Waals surface area contributed by atoms with E-state index in [1.165, 1.54) is 17.2 Å². The number of phosphoric acid groups is 1. The number of aryl methyl sites for hydroxylation is 1. The number of unbranched alkanes of at least 4 members (excludes halogenated alkanes) is 2. The van der Waals surface area contributed by atoms with Crippen molar-refractivity contribution in [1.82, 2.24) is 19.7 Å². The van der Waals surface area contributed by atoms with E-state index in [2.05, 4.69) is 16.7 Å². The second-order valence-corrected chi connectivity index (χ2v) is 7.61. The summed E-state index contributed by atoms with van der Waals surface area (Å²) >= 11 is 0. The summed E-state index contributed by atoms with van der Waals surface area (Å²) in [6.07, 6.45) is 6.42. The summed E-state index contributed by atoms with van der Waals surface area (Å²) in [5, 5.41) is 4.17. The van der Waals surface area contributed by atoms with Crippen LogP contribution in [-0.2, 0) is 18.1 Å². The Morgan fingerprint density at radius 3 is 2.33 bits per heavy atom. The highest BCUT2D eigenvalue weighted by molar-refractivity contribution is 7.48. The standard InChI is InChI=1S/C17H32N5O4P/c1-6-9-11-24-27(23,25-12-10-7-2)26-14-21(8-3)15(4)17(18)22-13-19-16(5)20-22/h8,13H,3,6-7,9-12,14,18H2,1-2,4-5H3/b17-15-. The molecule has 27 heavy (non-hydrogen) atoms. The van der Waals surface area contributed by atoms with Crippen LogP contribution >= 0.6 is 7.82 Å². The second kappa shape index (κ2) is 11.9. The zero-order valence-electron chi connectivity index (χ0n) is 16.8. The third kappa shape index (κ3) is 7.84. The van der Waals surface area contributed by atoms with E-state index in [0.717, 1.165) is 25.7 Å². The number of allylic oxidation sites excluding steroid dienone is 1. The first-order chi connectivity index (χ1) is 12.9. The van der Waals surface area contributed by atoms with Crippen LogP contribution in [0, 0.1) is 6.92 Å². The highest BCUT2D eigenvalue weighted by atomic mass is 31.2. The molecular weight excluding hydrogens is 369 g/mol. The van der Waals surface area contributed by atoms with Crippen LogP contribution in [0.1, 0.15) is 52.3 Å². The largest absolute Gasteiger partial charge is 0.476 e. The van der Waals surface area contributed by atoms with Gasteiger partial charge in [0.1, 0.15) is 24.7 Å². The zero-order chi connectivity index (χ0) is 20.3. The topological polar surface area (TPSA) is 105 Å². The van der Waals surface area contributed by atoms with Gasteiger partial charge in [-0.25, -0.2) is 14.2 Å². The lowest BCUT2D eigenvalue weighted by molar-refractivity contribution is 0.0838. The number of hydrogen-bond donors (Lipinski definition) is 1. The number of hydrogen-bond acceptors (Lipinski definition) is 8. The van der Waals surface area contributed by atoms with Crippen LogP contribution in [-0.4, -0.2) is 39.6 Å². The van der Waals surface area contributed by atoms with Gasteiger partial charge >= 0.3 is 7.82 Å². The Hall–Kier alpha value is -1.67. The molecule has 0 saturated heterocycles. The van der Waals surface area contributed by atoms with E-state index in [1.807, 2.05) is 13.8 Å². The van der Waals surface area contributed by atoms with E-state index >= 15 is 0 Å². The van der Waals surface area contributed by atoms with Crippen LogP contribution in [0.4, 0.5) is 0 Å². The van der Waals surface area contributed by atoms with Gasteiger partial charge in [-0.05, 0) is 32.9 Å². The molecule has 0 aliphatic heterocycles. The van der Waals surface area contributed by atoms with Crippen LogP contribution in [0.2, 0.25) is 0 Å². The van der Waals surface area contributed by atoms with Crippen molar-refractivity contribution in [2.75, 3.05) is 19.9 Å². The molecule has 0 aromatic carbocycles. The molecule has 154 valence electrons. The first kappa shape index (κ1) is 23.4. The van der Waals surface area contributed by atoms with Crippen LogP contribution in [0.25, 0.3) is 5.82 Å². The molecule has 9 nitrogen and oxygen atoms in total. The van der Waals surface area contributed by atoms with Gasteiger partial charge in [0.15, 0.2) is 0 Å². The number of nitrogens with two attached hydrogens (primary N) is 1. The van der Waals surface area contributed by atoms with Crippen molar-refractivity contribution in [2.24, 2.45) is 5.73 Å². The van der Waals surface area contributed by atoms with E-state index in [1.54, 1.807) is 18.7 Å². The highest BCUT2D eigenvalue weighted by Gasteiger charge is 2.27. The van der Waals surface area contributed by atoms with E-state index < -0.39 is 7.82 Å². The Kier molecular flexibility index (Phi) is 10.3. The minimum Gasteiger partial charge on any atom is -0.382 e. The summed E-state index contributed by atoms with van der Waals surface area (Å²) in [6.45, 7) is 11.9. The fourth-order valence-electron chi connectivity index (χ4n) is 1.95. The maximum absolute atomic E-state index is 12.8. The molecule has 0 radical (unpaired) electrons. The van der Waals surface area contributed by atoms with Crippen LogP contribution in [0.3, 0.4) is 0 Å². The first-order valence-corrected chi connectivity index (χ1v) is 10.6.